The molecule has 0 spiro atoms. The number of halogens is 1. The maximum atomic E-state index is 13.6. The summed E-state index contributed by atoms with van der Waals surface area (Å²) in [4.78, 5) is 10.5. The Morgan fingerprint density at radius 3 is 2.55 bits per heavy atom. The van der Waals surface area contributed by atoms with E-state index in [1.54, 1.807) is 36.4 Å². The maximum absolute atomic E-state index is 13.6. The molecule has 0 aliphatic heterocycles. The Hall–Kier alpha value is -2.27. The summed E-state index contributed by atoms with van der Waals surface area (Å²) < 4.78 is 13.6. The van der Waals surface area contributed by atoms with Gasteiger partial charge in [0.15, 0.2) is 0 Å². The third-order valence-electron chi connectivity index (χ3n) is 3.16. The topological polar surface area (TPSA) is 55.2 Å². The van der Waals surface area contributed by atoms with Gasteiger partial charge in [0, 0.05) is 29.8 Å². The Bertz CT molecular complexity index is 616. The molecule has 4 nitrogen and oxygen atoms in total. The Labute approximate surface area is 116 Å². The van der Waals surface area contributed by atoms with Crippen LogP contribution in [-0.2, 0) is 6.54 Å². The number of nitro groups is 1. The van der Waals surface area contributed by atoms with Crippen molar-refractivity contribution in [1.82, 2.24) is 5.32 Å². The summed E-state index contributed by atoms with van der Waals surface area (Å²) in [6.07, 6.45) is 0. The molecule has 20 heavy (non-hydrogen) atoms. The zero-order valence-corrected chi connectivity index (χ0v) is 11.0. The molecule has 1 atom stereocenters. The highest BCUT2D eigenvalue weighted by atomic mass is 19.1. The minimum absolute atomic E-state index is 0.0701. The summed E-state index contributed by atoms with van der Waals surface area (Å²) in [6.45, 7) is 2.14. The van der Waals surface area contributed by atoms with E-state index in [0.29, 0.717) is 17.7 Å². The van der Waals surface area contributed by atoms with Gasteiger partial charge >= 0.3 is 0 Å². The molecule has 0 aromatic heterocycles. The van der Waals surface area contributed by atoms with Gasteiger partial charge in [-0.25, -0.2) is 4.39 Å². The molecule has 2 aromatic rings. The standard InChI is InChI=1S/C15H15FN2O2/c1-11(13-7-3-4-8-14(13)16)17-10-12-6-2-5-9-15(12)18(19)20/h2-9,11,17H,10H2,1H3/t11-/m1/s1. The minimum atomic E-state index is -0.412. The molecule has 2 rings (SSSR count). The van der Waals surface area contributed by atoms with E-state index in [-0.39, 0.29) is 17.5 Å². The van der Waals surface area contributed by atoms with E-state index in [9.17, 15) is 14.5 Å². The average Bonchev–Trinajstić information content (AvgIpc) is 2.45. The molecule has 0 saturated heterocycles. The van der Waals surface area contributed by atoms with Crippen LogP contribution in [0.2, 0.25) is 0 Å². The van der Waals surface area contributed by atoms with E-state index in [0.717, 1.165) is 0 Å². The van der Waals surface area contributed by atoms with Crippen molar-refractivity contribution in [2.75, 3.05) is 0 Å². The van der Waals surface area contributed by atoms with E-state index in [2.05, 4.69) is 5.32 Å². The fourth-order valence-corrected chi connectivity index (χ4v) is 2.04. The molecule has 0 aliphatic rings. The summed E-state index contributed by atoms with van der Waals surface area (Å²) in [5.41, 5.74) is 1.20. The lowest BCUT2D eigenvalue weighted by Crippen LogP contribution is -2.19. The summed E-state index contributed by atoms with van der Waals surface area (Å²) in [5, 5.41) is 14.0. The molecule has 0 aliphatic carbocycles. The highest BCUT2D eigenvalue weighted by molar-refractivity contribution is 5.39. The monoisotopic (exact) mass is 274 g/mol. The molecular weight excluding hydrogens is 259 g/mol. The van der Waals surface area contributed by atoms with Gasteiger partial charge in [-0.1, -0.05) is 36.4 Å². The normalized spacial score (nSPS) is 12.1. The molecule has 0 heterocycles. The highest BCUT2D eigenvalue weighted by Gasteiger charge is 2.14. The van der Waals surface area contributed by atoms with Gasteiger partial charge in [-0.15, -0.1) is 0 Å². The molecule has 5 heteroatoms. The van der Waals surface area contributed by atoms with Crippen LogP contribution < -0.4 is 5.32 Å². The second kappa shape index (κ2) is 6.25. The van der Waals surface area contributed by atoms with Crippen LogP contribution in [-0.4, -0.2) is 4.92 Å². The van der Waals surface area contributed by atoms with Gasteiger partial charge in [-0.05, 0) is 13.0 Å². The predicted molar refractivity (Wildman–Crippen MR) is 74.8 cm³/mol. The van der Waals surface area contributed by atoms with Gasteiger partial charge < -0.3 is 5.32 Å². The number of rotatable bonds is 5. The van der Waals surface area contributed by atoms with Gasteiger partial charge in [-0.3, -0.25) is 10.1 Å². The number of nitro benzene ring substituents is 1. The summed E-state index contributed by atoms with van der Waals surface area (Å²) >= 11 is 0. The number of para-hydroxylation sites is 1. The molecule has 0 unspecified atom stereocenters. The average molecular weight is 274 g/mol. The first kappa shape index (κ1) is 14.1. The maximum Gasteiger partial charge on any atom is 0.273 e. The van der Waals surface area contributed by atoms with E-state index in [1.165, 1.54) is 12.1 Å². The van der Waals surface area contributed by atoms with Gasteiger partial charge in [0.25, 0.3) is 5.69 Å². The zero-order valence-electron chi connectivity index (χ0n) is 11.0. The molecule has 0 amide bonds. The van der Waals surface area contributed by atoms with Crippen LogP contribution in [0.1, 0.15) is 24.1 Å². The summed E-state index contributed by atoms with van der Waals surface area (Å²) in [6, 6.07) is 12.8. The van der Waals surface area contributed by atoms with Crippen molar-refractivity contribution >= 4 is 5.69 Å². The minimum Gasteiger partial charge on any atom is -0.306 e. The van der Waals surface area contributed by atoms with Crippen molar-refractivity contribution in [2.24, 2.45) is 0 Å². The Balaban J connectivity index is 2.10. The van der Waals surface area contributed by atoms with Crippen molar-refractivity contribution in [1.29, 1.82) is 0 Å². The molecule has 104 valence electrons. The number of nitrogens with one attached hydrogen (secondary N) is 1. The Morgan fingerprint density at radius 1 is 1.20 bits per heavy atom. The largest absolute Gasteiger partial charge is 0.306 e. The lowest BCUT2D eigenvalue weighted by Gasteiger charge is -2.15. The van der Waals surface area contributed by atoms with Gasteiger partial charge in [0.05, 0.1) is 4.92 Å². The quantitative estimate of drug-likeness (QED) is 0.669. The molecule has 0 radical (unpaired) electrons. The molecule has 0 saturated carbocycles. The van der Waals surface area contributed by atoms with Crippen LogP contribution in [0.4, 0.5) is 10.1 Å². The van der Waals surface area contributed by atoms with Crippen molar-refractivity contribution in [3.05, 3.63) is 75.6 Å². The first-order valence-electron chi connectivity index (χ1n) is 6.29. The molecular formula is C15H15FN2O2. The summed E-state index contributed by atoms with van der Waals surface area (Å²) in [7, 11) is 0. The fourth-order valence-electron chi connectivity index (χ4n) is 2.04. The zero-order chi connectivity index (χ0) is 14.5. The van der Waals surface area contributed by atoms with E-state index in [4.69, 9.17) is 0 Å². The van der Waals surface area contributed by atoms with Gasteiger partial charge in [0.1, 0.15) is 5.82 Å². The first-order valence-corrected chi connectivity index (χ1v) is 6.29. The van der Waals surface area contributed by atoms with Crippen LogP contribution in [0.3, 0.4) is 0 Å². The van der Waals surface area contributed by atoms with Gasteiger partial charge in [-0.2, -0.15) is 0 Å². The van der Waals surface area contributed by atoms with E-state index in [1.807, 2.05) is 6.92 Å². The SMILES string of the molecule is C[C@@H](NCc1ccccc1[N+](=O)[O-])c1ccccc1F. The van der Waals surface area contributed by atoms with E-state index < -0.39 is 4.92 Å². The predicted octanol–water partition coefficient (Wildman–Crippen LogP) is 3.58. The molecule has 0 bridgehead atoms. The number of benzene rings is 2. The lowest BCUT2D eigenvalue weighted by atomic mass is 10.1. The van der Waals surface area contributed by atoms with Crippen LogP contribution in [0, 0.1) is 15.9 Å². The highest BCUT2D eigenvalue weighted by Crippen LogP contribution is 2.20. The number of nitrogens with zero attached hydrogens (tertiary/aromatic N) is 1. The van der Waals surface area contributed by atoms with Crippen molar-refractivity contribution in [2.45, 2.75) is 19.5 Å². The van der Waals surface area contributed by atoms with Crippen molar-refractivity contribution in [3.8, 4) is 0 Å². The third-order valence-corrected chi connectivity index (χ3v) is 3.16. The molecule has 1 N–H and O–H groups in total. The fraction of sp³-hybridized carbons (Fsp3) is 0.200. The Kier molecular flexibility index (Phi) is 4.42. The van der Waals surface area contributed by atoms with E-state index >= 15 is 0 Å². The van der Waals surface area contributed by atoms with Crippen LogP contribution in [0.15, 0.2) is 48.5 Å². The Morgan fingerprint density at radius 2 is 1.85 bits per heavy atom. The molecule has 2 aromatic carbocycles. The molecule has 0 fully saturated rings. The van der Waals surface area contributed by atoms with Crippen molar-refractivity contribution in [3.63, 3.8) is 0 Å². The first-order chi connectivity index (χ1) is 9.59. The van der Waals surface area contributed by atoms with Crippen LogP contribution in [0.25, 0.3) is 0 Å². The summed E-state index contributed by atoms with van der Waals surface area (Å²) in [5.74, 6) is -0.282. The number of hydrogen-bond acceptors (Lipinski definition) is 3. The van der Waals surface area contributed by atoms with Gasteiger partial charge in [0.2, 0.25) is 0 Å². The van der Waals surface area contributed by atoms with Crippen molar-refractivity contribution < 1.29 is 9.31 Å². The van der Waals surface area contributed by atoms with Crippen LogP contribution in [0.5, 0.6) is 0 Å². The second-order valence-corrected chi connectivity index (χ2v) is 4.51. The van der Waals surface area contributed by atoms with Crippen LogP contribution >= 0.6 is 0 Å². The second-order valence-electron chi connectivity index (χ2n) is 4.51. The lowest BCUT2D eigenvalue weighted by molar-refractivity contribution is -0.385. The third kappa shape index (κ3) is 3.19. The smallest absolute Gasteiger partial charge is 0.273 e. The number of hydrogen-bond donors (Lipinski definition) is 1.